The zero-order chi connectivity index (χ0) is 15.7. The van der Waals surface area contributed by atoms with Gasteiger partial charge in [0, 0.05) is 15.6 Å². The van der Waals surface area contributed by atoms with Crippen LogP contribution in [0.1, 0.15) is 18.4 Å². The molecule has 22 heavy (non-hydrogen) atoms. The molecule has 0 aliphatic rings. The molecule has 4 nitrogen and oxygen atoms in total. The molecule has 2 N–H and O–H groups in total. The van der Waals surface area contributed by atoms with Crippen LogP contribution >= 0.6 is 23.2 Å². The van der Waals surface area contributed by atoms with Gasteiger partial charge in [0.15, 0.2) is 0 Å². The van der Waals surface area contributed by atoms with E-state index in [1.165, 1.54) is 0 Å². The van der Waals surface area contributed by atoms with Crippen molar-refractivity contribution >= 4 is 46.1 Å². The first kappa shape index (κ1) is 14.9. The molecule has 2 aromatic carbocycles. The van der Waals surface area contributed by atoms with Crippen LogP contribution in [0.5, 0.6) is 0 Å². The van der Waals surface area contributed by atoms with Crippen molar-refractivity contribution in [2.45, 2.75) is 12.8 Å². The summed E-state index contributed by atoms with van der Waals surface area (Å²) >= 11 is 12.3. The number of imidazole rings is 1. The van der Waals surface area contributed by atoms with Crippen molar-refractivity contribution in [1.82, 2.24) is 9.97 Å². The minimum atomic E-state index is -0.491. The summed E-state index contributed by atoms with van der Waals surface area (Å²) in [6.07, 6.45) is 0. The number of aromatic nitrogens is 2. The number of benzene rings is 2. The van der Waals surface area contributed by atoms with Crippen molar-refractivity contribution in [3.05, 3.63) is 58.1 Å². The average molecular weight is 334 g/mol. The predicted molar refractivity (Wildman–Crippen MR) is 89.6 cm³/mol. The molecule has 0 aliphatic carbocycles. The molecule has 0 saturated heterocycles. The van der Waals surface area contributed by atoms with Gasteiger partial charge in [0.25, 0.3) is 0 Å². The maximum absolute atomic E-state index is 12.4. The van der Waals surface area contributed by atoms with Gasteiger partial charge in [-0.2, -0.15) is 0 Å². The fourth-order valence-electron chi connectivity index (χ4n) is 2.29. The third-order valence-corrected chi connectivity index (χ3v) is 4.12. The molecule has 6 heteroatoms. The molecule has 0 saturated carbocycles. The van der Waals surface area contributed by atoms with E-state index in [1.54, 1.807) is 25.1 Å². The van der Waals surface area contributed by atoms with Crippen molar-refractivity contribution < 1.29 is 4.79 Å². The number of fused-ring (bicyclic) bond motifs is 1. The minimum absolute atomic E-state index is 0.228. The van der Waals surface area contributed by atoms with Crippen LogP contribution in [0.2, 0.25) is 10.0 Å². The van der Waals surface area contributed by atoms with Crippen molar-refractivity contribution in [2.24, 2.45) is 0 Å². The second kappa shape index (κ2) is 5.99. The van der Waals surface area contributed by atoms with Gasteiger partial charge in [0.2, 0.25) is 11.9 Å². The molecule has 3 aromatic rings. The lowest BCUT2D eigenvalue weighted by Crippen LogP contribution is -2.20. The molecule has 0 aliphatic heterocycles. The summed E-state index contributed by atoms with van der Waals surface area (Å²) in [6, 6.07) is 12.7. The highest BCUT2D eigenvalue weighted by Crippen LogP contribution is 2.32. The second-order valence-corrected chi connectivity index (χ2v) is 5.76. The molecular formula is C16H13Cl2N3O. The quantitative estimate of drug-likeness (QED) is 0.735. The van der Waals surface area contributed by atoms with Crippen LogP contribution in [0.3, 0.4) is 0 Å². The molecule has 1 heterocycles. The molecule has 1 aromatic heterocycles. The number of H-pyrrole nitrogens is 1. The molecule has 3 rings (SSSR count). The van der Waals surface area contributed by atoms with Gasteiger partial charge in [-0.05, 0) is 31.2 Å². The highest BCUT2D eigenvalue weighted by atomic mass is 35.5. The third kappa shape index (κ3) is 2.80. The fraction of sp³-hybridized carbons (Fsp3) is 0.125. The number of nitrogens with zero attached hydrogens (tertiary/aromatic N) is 1. The van der Waals surface area contributed by atoms with E-state index >= 15 is 0 Å². The number of aromatic amines is 1. The zero-order valence-corrected chi connectivity index (χ0v) is 13.2. The number of carbonyl (C=O) groups excluding carboxylic acids is 1. The molecule has 0 spiro atoms. The normalized spacial score (nSPS) is 12.3. The lowest BCUT2D eigenvalue weighted by Gasteiger charge is -2.14. The van der Waals surface area contributed by atoms with E-state index in [4.69, 9.17) is 23.2 Å². The molecule has 0 bridgehead atoms. The molecule has 0 radical (unpaired) electrons. The molecule has 1 unspecified atom stereocenters. The SMILES string of the molecule is CC(C(=O)Nc1nc2ccccc2[nH]1)c1c(Cl)cccc1Cl. The van der Waals surface area contributed by atoms with Gasteiger partial charge in [-0.25, -0.2) is 4.98 Å². The van der Waals surface area contributed by atoms with E-state index in [1.807, 2.05) is 24.3 Å². The summed E-state index contributed by atoms with van der Waals surface area (Å²) in [5.41, 5.74) is 2.27. The van der Waals surface area contributed by atoms with E-state index < -0.39 is 5.92 Å². The Hall–Kier alpha value is -2.04. The molecule has 0 fully saturated rings. The minimum Gasteiger partial charge on any atom is -0.324 e. The van der Waals surface area contributed by atoms with Crippen molar-refractivity contribution in [2.75, 3.05) is 5.32 Å². The lowest BCUT2D eigenvalue weighted by molar-refractivity contribution is -0.117. The fourth-order valence-corrected chi connectivity index (χ4v) is 3.02. The van der Waals surface area contributed by atoms with E-state index in [2.05, 4.69) is 15.3 Å². The second-order valence-electron chi connectivity index (χ2n) is 4.95. The summed E-state index contributed by atoms with van der Waals surface area (Å²) < 4.78 is 0. The van der Waals surface area contributed by atoms with Gasteiger partial charge in [-0.1, -0.05) is 41.4 Å². The summed E-state index contributed by atoms with van der Waals surface area (Å²) in [7, 11) is 0. The van der Waals surface area contributed by atoms with Gasteiger partial charge in [-0.3, -0.25) is 10.1 Å². The third-order valence-electron chi connectivity index (χ3n) is 3.46. The Balaban J connectivity index is 1.84. The van der Waals surface area contributed by atoms with Crippen LogP contribution < -0.4 is 5.32 Å². The molecule has 1 amide bonds. The number of hydrogen-bond acceptors (Lipinski definition) is 2. The highest BCUT2D eigenvalue weighted by Gasteiger charge is 2.21. The average Bonchev–Trinajstić information content (AvgIpc) is 2.89. The number of carbonyl (C=O) groups is 1. The van der Waals surface area contributed by atoms with Crippen LogP contribution in [-0.2, 0) is 4.79 Å². The van der Waals surface area contributed by atoms with Gasteiger partial charge >= 0.3 is 0 Å². The smallest absolute Gasteiger partial charge is 0.234 e. The summed E-state index contributed by atoms with van der Waals surface area (Å²) in [6.45, 7) is 1.76. The standard InChI is InChI=1S/C16H13Cl2N3O/c1-9(14-10(17)5-4-6-11(14)18)15(22)21-16-19-12-7-2-3-8-13(12)20-16/h2-9H,1H3,(H2,19,20,21,22). The summed E-state index contributed by atoms with van der Waals surface area (Å²) in [5.74, 6) is -0.315. The Kier molecular flexibility index (Phi) is 4.05. The maximum atomic E-state index is 12.4. The monoisotopic (exact) mass is 333 g/mol. The van der Waals surface area contributed by atoms with E-state index in [9.17, 15) is 4.79 Å². The van der Waals surface area contributed by atoms with Gasteiger partial charge in [0.05, 0.1) is 17.0 Å². The number of para-hydroxylation sites is 2. The van der Waals surface area contributed by atoms with Crippen molar-refractivity contribution in [1.29, 1.82) is 0 Å². The maximum Gasteiger partial charge on any atom is 0.234 e. The Morgan fingerprint density at radius 1 is 1.14 bits per heavy atom. The number of nitrogens with one attached hydrogen (secondary N) is 2. The predicted octanol–water partition coefficient (Wildman–Crippen LogP) is 4.61. The first-order chi connectivity index (χ1) is 10.6. The summed E-state index contributed by atoms with van der Waals surface area (Å²) in [5, 5.41) is 3.71. The van der Waals surface area contributed by atoms with Crippen molar-refractivity contribution in [3.8, 4) is 0 Å². The van der Waals surface area contributed by atoms with Gasteiger partial charge < -0.3 is 4.98 Å². The first-order valence-electron chi connectivity index (χ1n) is 6.76. The van der Waals surface area contributed by atoms with Gasteiger partial charge in [0.1, 0.15) is 0 Å². The van der Waals surface area contributed by atoms with Crippen LogP contribution in [0.4, 0.5) is 5.95 Å². The number of hydrogen-bond donors (Lipinski definition) is 2. The topological polar surface area (TPSA) is 57.8 Å². The lowest BCUT2D eigenvalue weighted by atomic mass is 10.0. The Labute approximate surface area is 137 Å². The Bertz CT molecular complexity index is 791. The molecule has 112 valence electrons. The van der Waals surface area contributed by atoms with Crippen LogP contribution in [-0.4, -0.2) is 15.9 Å². The number of halogens is 2. The molecule has 1 atom stereocenters. The van der Waals surface area contributed by atoms with E-state index in [-0.39, 0.29) is 5.91 Å². The van der Waals surface area contributed by atoms with Crippen LogP contribution in [0.15, 0.2) is 42.5 Å². The highest BCUT2D eigenvalue weighted by molar-refractivity contribution is 6.36. The number of rotatable bonds is 3. The largest absolute Gasteiger partial charge is 0.324 e. The van der Waals surface area contributed by atoms with E-state index in [0.29, 0.717) is 21.6 Å². The van der Waals surface area contributed by atoms with E-state index in [0.717, 1.165) is 11.0 Å². The van der Waals surface area contributed by atoms with Crippen molar-refractivity contribution in [3.63, 3.8) is 0 Å². The summed E-state index contributed by atoms with van der Waals surface area (Å²) in [4.78, 5) is 19.8. The Morgan fingerprint density at radius 3 is 2.50 bits per heavy atom. The zero-order valence-electron chi connectivity index (χ0n) is 11.7. The van der Waals surface area contributed by atoms with Gasteiger partial charge in [-0.15, -0.1) is 0 Å². The van der Waals surface area contributed by atoms with Crippen LogP contribution in [0, 0.1) is 0 Å². The van der Waals surface area contributed by atoms with Crippen LogP contribution in [0.25, 0.3) is 11.0 Å². The first-order valence-corrected chi connectivity index (χ1v) is 7.51. The number of anilines is 1. The Morgan fingerprint density at radius 2 is 1.82 bits per heavy atom. The number of amides is 1. The molecular weight excluding hydrogens is 321 g/mol.